The molecule has 1 aromatic carbocycles. The van der Waals surface area contributed by atoms with E-state index in [4.69, 9.17) is 12.2 Å². The summed E-state index contributed by atoms with van der Waals surface area (Å²) < 4.78 is 0. The number of hydrogen-bond donors (Lipinski definition) is 2. The van der Waals surface area contributed by atoms with Crippen molar-refractivity contribution in [3.63, 3.8) is 0 Å². The number of allylic oxidation sites excluding steroid dienone is 3. The fraction of sp³-hybridized carbons (Fsp3) is 0.400. The van der Waals surface area contributed by atoms with E-state index in [1.54, 1.807) is 6.21 Å². The van der Waals surface area contributed by atoms with Crippen molar-refractivity contribution in [3.05, 3.63) is 54.1 Å². The first-order valence-electron chi connectivity index (χ1n) is 8.79. The van der Waals surface area contributed by atoms with Crippen molar-refractivity contribution in [2.75, 3.05) is 0 Å². The topological polar surface area (TPSA) is 36.4 Å². The van der Waals surface area contributed by atoms with Crippen molar-refractivity contribution in [1.82, 2.24) is 10.7 Å². The monoisotopic (exact) mass is 337 g/mol. The van der Waals surface area contributed by atoms with Gasteiger partial charge in [0.15, 0.2) is 5.11 Å². The second-order valence-corrected chi connectivity index (χ2v) is 7.45. The number of hydrogen-bond acceptors (Lipinski definition) is 2. The molecular weight excluding hydrogens is 314 g/mol. The van der Waals surface area contributed by atoms with Crippen LogP contribution < -0.4 is 10.7 Å². The maximum Gasteiger partial charge on any atom is 0.187 e. The van der Waals surface area contributed by atoms with Gasteiger partial charge in [-0.2, -0.15) is 5.10 Å². The van der Waals surface area contributed by atoms with Gasteiger partial charge < -0.3 is 5.32 Å². The molecule has 24 heavy (non-hydrogen) atoms. The normalized spacial score (nSPS) is 33.4. The van der Waals surface area contributed by atoms with Gasteiger partial charge in [-0.3, -0.25) is 5.43 Å². The average molecular weight is 337 g/mol. The number of hydrazone groups is 1. The summed E-state index contributed by atoms with van der Waals surface area (Å²) in [5.74, 6) is 3.32. The van der Waals surface area contributed by atoms with Gasteiger partial charge in [0, 0.05) is 12.3 Å². The fourth-order valence-electron chi connectivity index (χ4n) is 4.77. The molecule has 2 saturated carbocycles. The first-order chi connectivity index (χ1) is 11.8. The highest BCUT2D eigenvalue weighted by Crippen LogP contribution is 2.56. The van der Waals surface area contributed by atoms with E-state index < -0.39 is 0 Å². The third kappa shape index (κ3) is 3.16. The van der Waals surface area contributed by atoms with E-state index in [-0.39, 0.29) is 0 Å². The van der Waals surface area contributed by atoms with E-state index in [0.29, 0.717) is 11.2 Å². The Labute approximate surface area is 148 Å². The second kappa shape index (κ2) is 6.89. The molecule has 2 fully saturated rings. The molecule has 0 amide bonds. The van der Waals surface area contributed by atoms with Crippen LogP contribution in [0.15, 0.2) is 53.7 Å². The molecule has 2 N–H and O–H groups in total. The summed E-state index contributed by atoms with van der Waals surface area (Å²) in [4.78, 5) is 0. The van der Waals surface area contributed by atoms with Crippen molar-refractivity contribution >= 4 is 29.6 Å². The number of nitrogens with one attached hydrogen (secondary N) is 2. The number of rotatable bonds is 4. The number of thiocarbonyl (C=S) groups is 1. The van der Waals surface area contributed by atoms with Crippen LogP contribution in [0.3, 0.4) is 0 Å². The molecule has 0 unspecified atom stereocenters. The third-order valence-electron chi connectivity index (χ3n) is 5.74. The van der Waals surface area contributed by atoms with Gasteiger partial charge in [-0.15, -0.1) is 0 Å². The van der Waals surface area contributed by atoms with Crippen molar-refractivity contribution < 1.29 is 0 Å². The van der Waals surface area contributed by atoms with Gasteiger partial charge in [0.05, 0.1) is 0 Å². The predicted molar refractivity (Wildman–Crippen MR) is 104 cm³/mol. The molecular formula is C20H23N3S. The second-order valence-electron chi connectivity index (χ2n) is 7.04. The zero-order valence-corrected chi connectivity index (χ0v) is 14.5. The molecule has 0 saturated heterocycles. The highest BCUT2D eigenvalue weighted by Gasteiger charge is 2.52. The van der Waals surface area contributed by atoms with Crippen molar-refractivity contribution in [1.29, 1.82) is 0 Å². The van der Waals surface area contributed by atoms with Gasteiger partial charge in [0.2, 0.25) is 0 Å². The molecule has 124 valence electrons. The SMILES string of the molecule is S=C(N/N=C\C=C\c1ccccc1)N[C@@H]1C[C@H]2C[C@H]1[C@@H]1C=CC[C@H]21. The summed E-state index contributed by atoms with van der Waals surface area (Å²) >= 11 is 5.39. The van der Waals surface area contributed by atoms with Crippen LogP contribution in [0.4, 0.5) is 0 Å². The molecule has 3 nitrogen and oxygen atoms in total. The Balaban J connectivity index is 1.24. The number of fused-ring (bicyclic) bond motifs is 5. The Hall–Kier alpha value is -1.94. The standard InChI is InChI=1S/C20H23N3S/c24-20(23-21-11-5-8-14-6-2-1-3-7-14)22-19-13-15-12-18(19)17-10-4-9-16(15)17/h1-8,10-11,15-19H,9,12-13H2,(H2,22,23,24)/b8-5+,21-11-/t15-,16-,17-,18+,19-/m1/s1. The van der Waals surface area contributed by atoms with E-state index in [9.17, 15) is 0 Å². The van der Waals surface area contributed by atoms with Crippen LogP contribution in [0.25, 0.3) is 6.08 Å². The van der Waals surface area contributed by atoms with Crippen LogP contribution in [0.5, 0.6) is 0 Å². The first-order valence-corrected chi connectivity index (χ1v) is 9.20. The minimum atomic E-state index is 0.508. The summed E-state index contributed by atoms with van der Waals surface area (Å²) in [6, 6.07) is 10.7. The van der Waals surface area contributed by atoms with Gasteiger partial charge in [0.1, 0.15) is 0 Å². The van der Waals surface area contributed by atoms with Crippen LogP contribution in [0, 0.1) is 23.7 Å². The maximum atomic E-state index is 5.39. The predicted octanol–water partition coefficient (Wildman–Crippen LogP) is 3.75. The Bertz CT molecular complexity index is 679. The van der Waals surface area contributed by atoms with Gasteiger partial charge in [-0.05, 0) is 66.8 Å². The first kappa shape index (κ1) is 15.6. The zero-order valence-electron chi connectivity index (χ0n) is 13.6. The Morgan fingerprint density at radius 2 is 2.04 bits per heavy atom. The zero-order chi connectivity index (χ0) is 16.4. The molecule has 4 rings (SSSR count). The summed E-state index contributed by atoms with van der Waals surface area (Å²) in [5, 5.41) is 8.29. The summed E-state index contributed by atoms with van der Waals surface area (Å²) in [6.07, 6.45) is 14.4. The Morgan fingerprint density at radius 3 is 2.92 bits per heavy atom. The average Bonchev–Trinajstić information content (AvgIpc) is 3.28. The summed E-state index contributed by atoms with van der Waals surface area (Å²) in [6.45, 7) is 0. The molecule has 5 atom stereocenters. The van der Waals surface area contributed by atoms with E-state index in [2.05, 4.69) is 40.1 Å². The van der Waals surface area contributed by atoms with Crippen molar-refractivity contribution in [3.8, 4) is 0 Å². The van der Waals surface area contributed by atoms with Crippen molar-refractivity contribution in [2.45, 2.75) is 25.3 Å². The van der Waals surface area contributed by atoms with E-state index in [1.807, 2.05) is 30.4 Å². The molecule has 4 heteroatoms. The fourth-order valence-corrected chi connectivity index (χ4v) is 4.97. The minimum Gasteiger partial charge on any atom is -0.358 e. The molecule has 0 aromatic heterocycles. The lowest BCUT2D eigenvalue weighted by Crippen LogP contribution is -2.45. The minimum absolute atomic E-state index is 0.508. The lowest BCUT2D eigenvalue weighted by Gasteiger charge is -2.32. The number of benzene rings is 1. The molecule has 2 bridgehead atoms. The smallest absolute Gasteiger partial charge is 0.187 e. The Kier molecular flexibility index (Phi) is 4.48. The molecule has 0 radical (unpaired) electrons. The lowest BCUT2D eigenvalue weighted by molar-refractivity contribution is 0.246. The van der Waals surface area contributed by atoms with E-state index in [0.717, 1.165) is 29.2 Å². The van der Waals surface area contributed by atoms with Gasteiger partial charge in [-0.1, -0.05) is 48.6 Å². The lowest BCUT2D eigenvalue weighted by atomic mass is 9.79. The van der Waals surface area contributed by atoms with E-state index >= 15 is 0 Å². The molecule has 0 aliphatic heterocycles. The Morgan fingerprint density at radius 1 is 1.17 bits per heavy atom. The maximum absolute atomic E-state index is 5.39. The van der Waals surface area contributed by atoms with Crippen LogP contribution in [0.2, 0.25) is 0 Å². The molecule has 0 heterocycles. The quantitative estimate of drug-likeness (QED) is 0.380. The molecule has 1 aromatic rings. The molecule has 3 aliphatic rings. The highest BCUT2D eigenvalue weighted by molar-refractivity contribution is 7.80. The van der Waals surface area contributed by atoms with Crippen LogP contribution in [-0.2, 0) is 0 Å². The molecule has 0 spiro atoms. The van der Waals surface area contributed by atoms with Gasteiger partial charge in [0.25, 0.3) is 0 Å². The third-order valence-corrected chi connectivity index (χ3v) is 5.95. The largest absolute Gasteiger partial charge is 0.358 e. The molecule has 3 aliphatic carbocycles. The van der Waals surface area contributed by atoms with Crippen LogP contribution in [0.1, 0.15) is 24.8 Å². The van der Waals surface area contributed by atoms with Crippen molar-refractivity contribution in [2.24, 2.45) is 28.8 Å². The van der Waals surface area contributed by atoms with Crippen LogP contribution >= 0.6 is 12.2 Å². The van der Waals surface area contributed by atoms with E-state index in [1.165, 1.54) is 19.3 Å². The van der Waals surface area contributed by atoms with Crippen LogP contribution in [-0.4, -0.2) is 17.4 Å². The number of nitrogens with zero attached hydrogens (tertiary/aromatic N) is 1. The summed E-state index contributed by atoms with van der Waals surface area (Å²) in [7, 11) is 0. The highest BCUT2D eigenvalue weighted by atomic mass is 32.1. The summed E-state index contributed by atoms with van der Waals surface area (Å²) in [5.41, 5.74) is 4.09. The van der Waals surface area contributed by atoms with Gasteiger partial charge in [-0.25, -0.2) is 0 Å². The van der Waals surface area contributed by atoms with Gasteiger partial charge >= 0.3 is 0 Å².